The van der Waals surface area contributed by atoms with Crippen molar-refractivity contribution in [1.82, 2.24) is 10.6 Å². The van der Waals surface area contributed by atoms with E-state index in [0.29, 0.717) is 6.54 Å². The summed E-state index contributed by atoms with van der Waals surface area (Å²) in [4.78, 5) is 22.5. The van der Waals surface area contributed by atoms with Crippen LogP contribution in [0.15, 0.2) is 0 Å². The number of carboxylic acids is 1. The molecule has 0 aliphatic heterocycles. The minimum Gasteiger partial charge on any atom is -0.481 e. The number of hydrogen-bond donors (Lipinski definition) is 3. The van der Waals surface area contributed by atoms with E-state index in [2.05, 4.69) is 17.6 Å². The Hall–Kier alpha value is -0.910. The fraction of sp³-hybridized carbons (Fsp3) is 0.846. The molecule has 0 radical (unpaired) electrons. The van der Waals surface area contributed by atoms with Crippen LogP contribution in [0.3, 0.4) is 0 Å². The second-order valence-electron chi connectivity index (χ2n) is 5.31. The van der Waals surface area contributed by atoms with E-state index >= 15 is 0 Å². The van der Waals surface area contributed by atoms with Crippen LogP contribution in [0, 0.1) is 5.41 Å². The summed E-state index contributed by atoms with van der Waals surface area (Å²) < 4.78 is 0. The summed E-state index contributed by atoms with van der Waals surface area (Å²) in [7, 11) is 0. The maximum absolute atomic E-state index is 11.7. The lowest BCUT2D eigenvalue weighted by Crippen LogP contribution is -2.48. The van der Waals surface area contributed by atoms with E-state index in [1.54, 1.807) is 11.8 Å². The van der Waals surface area contributed by atoms with Crippen molar-refractivity contribution in [2.24, 2.45) is 5.41 Å². The lowest BCUT2D eigenvalue weighted by molar-refractivity contribution is -0.141. The molecule has 3 N–H and O–H groups in total. The third-order valence-corrected chi connectivity index (χ3v) is 4.66. The maximum Gasteiger partial charge on any atom is 0.315 e. The van der Waals surface area contributed by atoms with E-state index in [-0.39, 0.29) is 23.9 Å². The van der Waals surface area contributed by atoms with Crippen molar-refractivity contribution in [2.45, 2.75) is 45.6 Å². The van der Waals surface area contributed by atoms with Gasteiger partial charge in [-0.25, -0.2) is 4.79 Å². The molecule has 0 heterocycles. The van der Waals surface area contributed by atoms with Crippen LogP contribution >= 0.6 is 11.8 Å². The van der Waals surface area contributed by atoms with Gasteiger partial charge >= 0.3 is 12.0 Å². The number of carbonyl (C=O) groups excluding carboxylic acids is 1. The van der Waals surface area contributed by atoms with Gasteiger partial charge in [-0.1, -0.05) is 13.3 Å². The predicted octanol–water partition coefficient (Wildman–Crippen LogP) is 2.07. The quantitative estimate of drug-likeness (QED) is 0.639. The molecule has 1 atom stereocenters. The van der Waals surface area contributed by atoms with Crippen LogP contribution in [0.1, 0.15) is 39.5 Å². The van der Waals surface area contributed by atoms with Crippen LogP contribution in [-0.4, -0.2) is 41.2 Å². The van der Waals surface area contributed by atoms with E-state index < -0.39 is 5.97 Å². The topological polar surface area (TPSA) is 78.4 Å². The largest absolute Gasteiger partial charge is 0.481 e. The third-order valence-electron chi connectivity index (χ3n) is 3.51. The number of amides is 2. The van der Waals surface area contributed by atoms with Crippen LogP contribution in [0.25, 0.3) is 0 Å². The summed E-state index contributed by atoms with van der Waals surface area (Å²) in [5.74, 6) is 1.15. The van der Waals surface area contributed by atoms with Gasteiger partial charge in [0.1, 0.15) is 0 Å². The van der Waals surface area contributed by atoms with Gasteiger partial charge in [0.05, 0.1) is 6.42 Å². The number of urea groups is 1. The zero-order valence-corrected chi connectivity index (χ0v) is 12.5. The van der Waals surface area contributed by atoms with Gasteiger partial charge in [0, 0.05) is 18.3 Å². The van der Waals surface area contributed by atoms with E-state index in [0.717, 1.165) is 30.8 Å². The lowest BCUT2D eigenvalue weighted by Gasteiger charge is -2.40. The molecule has 5 nitrogen and oxygen atoms in total. The Bertz CT molecular complexity index is 319. The standard InChI is InChI=1S/C13H24N2O3S/c1-3-19-8-10(2)15-12(18)14-9-13(5-4-6-13)7-11(16)17/h10H,3-9H2,1-2H3,(H,16,17)(H2,14,15,18). The van der Waals surface area contributed by atoms with Gasteiger partial charge in [-0.05, 0) is 30.9 Å². The maximum atomic E-state index is 11.7. The first-order chi connectivity index (χ1) is 8.97. The molecule has 1 rings (SSSR count). The van der Waals surface area contributed by atoms with Crippen LogP contribution < -0.4 is 10.6 Å². The highest BCUT2D eigenvalue weighted by atomic mass is 32.2. The van der Waals surface area contributed by atoms with Gasteiger partial charge in [-0.2, -0.15) is 11.8 Å². The van der Waals surface area contributed by atoms with Crippen LogP contribution in [0.4, 0.5) is 4.79 Å². The van der Waals surface area contributed by atoms with E-state index in [4.69, 9.17) is 5.11 Å². The smallest absolute Gasteiger partial charge is 0.315 e. The van der Waals surface area contributed by atoms with E-state index in [1.807, 2.05) is 6.92 Å². The summed E-state index contributed by atoms with van der Waals surface area (Å²) in [5.41, 5.74) is -0.218. The molecule has 0 aromatic heterocycles. The summed E-state index contributed by atoms with van der Waals surface area (Å²) >= 11 is 1.79. The van der Waals surface area contributed by atoms with Crippen molar-refractivity contribution in [2.75, 3.05) is 18.1 Å². The molecule has 19 heavy (non-hydrogen) atoms. The van der Waals surface area contributed by atoms with Gasteiger partial charge in [0.15, 0.2) is 0 Å². The summed E-state index contributed by atoms with van der Waals surface area (Å²) in [5, 5.41) is 14.6. The Labute approximate surface area is 118 Å². The molecule has 6 heteroatoms. The molecule has 0 aromatic rings. The zero-order chi connectivity index (χ0) is 14.3. The highest BCUT2D eigenvalue weighted by molar-refractivity contribution is 7.99. The molecular weight excluding hydrogens is 264 g/mol. The SMILES string of the molecule is CCSCC(C)NC(=O)NCC1(CC(=O)O)CCC1. The third kappa shape index (κ3) is 5.72. The predicted molar refractivity (Wildman–Crippen MR) is 77.5 cm³/mol. The van der Waals surface area contributed by atoms with Crippen molar-refractivity contribution in [1.29, 1.82) is 0 Å². The fourth-order valence-corrected chi connectivity index (χ4v) is 2.97. The number of carbonyl (C=O) groups is 2. The van der Waals surface area contributed by atoms with Crippen molar-refractivity contribution in [3.63, 3.8) is 0 Å². The molecular formula is C13H24N2O3S. The van der Waals surface area contributed by atoms with Crippen LogP contribution in [-0.2, 0) is 4.79 Å². The molecule has 0 bridgehead atoms. The minimum absolute atomic E-state index is 0.127. The molecule has 1 saturated carbocycles. The van der Waals surface area contributed by atoms with Gasteiger partial charge in [-0.3, -0.25) is 4.79 Å². The molecule has 2 amide bonds. The van der Waals surface area contributed by atoms with Crippen molar-refractivity contribution < 1.29 is 14.7 Å². The first-order valence-electron chi connectivity index (χ1n) is 6.81. The lowest BCUT2D eigenvalue weighted by atomic mass is 9.66. The number of aliphatic carboxylic acids is 1. The second kappa shape index (κ2) is 7.62. The first kappa shape index (κ1) is 16.1. The molecule has 0 saturated heterocycles. The number of nitrogens with one attached hydrogen (secondary N) is 2. The zero-order valence-electron chi connectivity index (χ0n) is 11.7. The monoisotopic (exact) mass is 288 g/mol. The Kier molecular flexibility index (Phi) is 6.48. The normalized spacial score (nSPS) is 18.2. The molecule has 1 unspecified atom stereocenters. The van der Waals surface area contributed by atoms with Gasteiger partial charge in [0.25, 0.3) is 0 Å². The average Bonchev–Trinajstić information content (AvgIpc) is 2.29. The molecule has 1 aliphatic carbocycles. The number of rotatable bonds is 8. The molecule has 1 aliphatic rings. The minimum atomic E-state index is -0.783. The van der Waals surface area contributed by atoms with Gasteiger partial charge in [0.2, 0.25) is 0 Å². The average molecular weight is 288 g/mol. The molecule has 0 aromatic carbocycles. The number of hydrogen-bond acceptors (Lipinski definition) is 3. The second-order valence-corrected chi connectivity index (χ2v) is 6.63. The van der Waals surface area contributed by atoms with Crippen LogP contribution in [0.2, 0.25) is 0 Å². The molecule has 110 valence electrons. The van der Waals surface area contributed by atoms with Crippen molar-refractivity contribution in [3.05, 3.63) is 0 Å². The van der Waals surface area contributed by atoms with Crippen molar-refractivity contribution >= 4 is 23.8 Å². The van der Waals surface area contributed by atoms with E-state index in [9.17, 15) is 9.59 Å². The molecule has 0 spiro atoms. The number of carboxylic acid groups (broad SMARTS) is 1. The summed E-state index contributed by atoms with van der Waals surface area (Å²) in [6, 6.07) is -0.0670. The fourth-order valence-electron chi connectivity index (χ4n) is 2.29. The van der Waals surface area contributed by atoms with Gasteiger partial charge in [-0.15, -0.1) is 0 Å². The Balaban J connectivity index is 2.26. The first-order valence-corrected chi connectivity index (χ1v) is 7.97. The highest BCUT2D eigenvalue weighted by Crippen LogP contribution is 2.43. The van der Waals surface area contributed by atoms with Gasteiger partial charge < -0.3 is 15.7 Å². The Morgan fingerprint density at radius 3 is 2.58 bits per heavy atom. The highest BCUT2D eigenvalue weighted by Gasteiger charge is 2.39. The Morgan fingerprint density at radius 2 is 2.11 bits per heavy atom. The Morgan fingerprint density at radius 1 is 1.42 bits per heavy atom. The molecule has 1 fully saturated rings. The summed E-state index contributed by atoms with van der Waals surface area (Å²) in [6.07, 6.45) is 2.98. The van der Waals surface area contributed by atoms with Crippen molar-refractivity contribution in [3.8, 4) is 0 Å². The summed E-state index contributed by atoms with van der Waals surface area (Å²) in [6.45, 7) is 4.51. The van der Waals surface area contributed by atoms with Crippen LogP contribution in [0.5, 0.6) is 0 Å². The van der Waals surface area contributed by atoms with E-state index in [1.165, 1.54) is 0 Å². The number of thioether (sulfide) groups is 1.